The second-order valence-corrected chi connectivity index (χ2v) is 8.21. The maximum Gasteiger partial charge on any atom is 0.410 e. The molecule has 0 aromatic heterocycles. The van der Waals surface area contributed by atoms with Crippen molar-refractivity contribution < 1.29 is 14.3 Å². The zero-order chi connectivity index (χ0) is 16.4. The molecule has 1 aliphatic carbocycles. The molecule has 0 radical (unpaired) electrons. The van der Waals surface area contributed by atoms with Gasteiger partial charge in [0.15, 0.2) is 0 Å². The molecule has 1 N–H and O–H groups in total. The highest BCUT2D eigenvalue weighted by molar-refractivity contribution is 5.68. The van der Waals surface area contributed by atoms with Crippen molar-refractivity contribution in [3.8, 4) is 0 Å². The van der Waals surface area contributed by atoms with Crippen LogP contribution in [0, 0.1) is 5.41 Å². The van der Waals surface area contributed by atoms with E-state index in [1.165, 1.54) is 6.42 Å². The summed E-state index contributed by atoms with van der Waals surface area (Å²) in [7, 11) is 1.80. The van der Waals surface area contributed by atoms with Gasteiger partial charge in [-0.1, -0.05) is 6.92 Å². The molecular weight excluding hydrogens is 280 g/mol. The van der Waals surface area contributed by atoms with Crippen molar-refractivity contribution in [1.29, 1.82) is 0 Å². The van der Waals surface area contributed by atoms with Gasteiger partial charge in [-0.3, -0.25) is 0 Å². The van der Waals surface area contributed by atoms with E-state index in [4.69, 9.17) is 9.47 Å². The van der Waals surface area contributed by atoms with Gasteiger partial charge in [0.1, 0.15) is 5.60 Å². The highest BCUT2D eigenvalue weighted by Gasteiger charge is 2.38. The normalized spacial score (nSPS) is 32.5. The minimum absolute atomic E-state index is 0.141. The monoisotopic (exact) mass is 312 g/mol. The quantitative estimate of drug-likeness (QED) is 0.867. The second-order valence-electron chi connectivity index (χ2n) is 8.21. The molecule has 1 aliphatic heterocycles. The predicted octanol–water partition coefficient (Wildman–Crippen LogP) is 2.79. The number of nitrogens with one attached hydrogen (secondary N) is 1. The fourth-order valence-electron chi connectivity index (χ4n) is 3.38. The molecule has 2 aliphatic rings. The molecule has 128 valence electrons. The van der Waals surface area contributed by atoms with Crippen LogP contribution < -0.4 is 5.32 Å². The van der Waals surface area contributed by atoms with Gasteiger partial charge >= 0.3 is 6.09 Å². The molecule has 1 amide bonds. The molecule has 0 bridgehead atoms. The Morgan fingerprint density at radius 1 is 1.36 bits per heavy atom. The van der Waals surface area contributed by atoms with Crippen molar-refractivity contribution in [3.05, 3.63) is 0 Å². The zero-order valence-corrected chi connectivity index (χ0v) is 14.8. The smallest absolute Gasteiger partial charge is 0.410 e. The number of carbonyl (C=O) groups excluding carboxylic acids is 1. The summed E-state index contributed by atoms with van der Waals surface area (Å²) in [6.07, 6.45) is 4.69. The first kappa shape index (κ1) is 17.5. The summed E-state index contributed by atoms with van der Waals surface area (Å²) < 4.78 is 10.9. The lowest BCUT2D eigenvalue weighted by Crippen LogP contribution is -2.41. The average molecular weight is 312 g/mol. The van der Waals surface area contributed by atoms with Crippen molar-refractivity contribution in [2.75, 3.05) is 26.7 Å². The van der Waals surface area contributed by atoms with Crippen LogP contribution >= 0.6 is 0 Å². The van der Waals surface area contributed by atoms with Crippen LogP contribution in [-0.2, 0) is 9.47 Å². The fourth-order valence-corrected chi connectivity index (χ4v) is 3.38. The molecule has 0 aromatic carbocycles. The minimum atomic E-state index is -0.423. The topological polar surface area (TPSA) is 50.8 Å². The van der Waals surface area contributed by atoms with E-state index in [1.807, 2.05) is 25.7 Å². The Kier molecular flexibility index (Phi) is 5.38. The summed E-state index contributed by atoms with van der Waals surface area (Å²) in [5.41, 5.74) is -0.282. The Balaban J connectivity index is 1.77. The summed E-state index contributed by atoms with van der Waals surface area (Å²) in [6, 6.07) is 0.553. The van der Waals surface area contributed by atoms with E-state index in [-0.39, 0.29) is 11.5 Å². The lowest BCUT2D eigenvalue weighted by atomic mass is 9.89. The Bertz CT molecular complexity index is 394. The van der Waals surface area contributed by atoms with Gasteiger partial charge in [0.25, 0.3) is 0 Å². The summed E-state index contributed by atoms with van der Waals surface area (Å²) in [5, 5.41) is 3.68. The molecule has 1 heterocycles. The number of nitrogens with zero attached hydrogens (tertiary/aromatic N) is 1. The van der Waals surface area contributed by atoms with Gasteiger partial charge in [-0.05, 0) is 51.9 Å². The van der Waals surface area contributed by atoms with E-state index in [9.17, 15) is 4.79 Å². The van der Waals surface area contributed by atoms with Gasteiger partial charge in [-0.15, -0.1) is 0 Å². The van der Waals surface area contributed by atoms with Gasteiger partial charge in [-0.2, -0.15) is 0 Å². The lowest BCUT2D eigenvalue weighted by Gasteiger charge is -2.28. The molecule has 1 saturated carbocycles. The summed E-state index contributed by atoms with van der Waals surface area (Å²) in [4.78, 5) is 14.0. The maximum atomic E-state index is 12.2. The van der Waals surface area contributed by atoms with Crippen LogP contribution in [-0.4, -0.2) is 55.5 Å². The molecule has 0 spiro atoms. The van der Waals surface area contributed by atoms with Gasteiger partial charge < -0.3 is 19.7 Å². The average Bonchev–Trinajstić information content (AvgIpc) is 3.01. The van der Waals surface area contributed by atoms with E-state index < -0.39 is 5.60 Å². The molecular formula is C17H32N2O3. The van der Waals surface area contributed by atoms with E-state index in [1.54, 1.807) is 7.11 Å². The van der Waals surface area contributed by atoms with Gasteiger partial charge in [0, 0.05) is 32.8 Å². The summed E-state index contributed by atoms with van der Waals surface area (Å²) >= 11 is 0. The number of ether oxygens (including phenoxy) is 2. The molecule has 0 aromatic rings. The first-order chi connectivity index (χ1) is 10.2. The molecule has 5 nitrogen and oxygen atoms in total. The van der Waals surface area contributed by atoms with Gasteiger partial charge in [-0.25, -0.2) is 4.79 Å². The predicted molar refractivity (Wildman–Crippen MR) is 87.0 cm³/mol. The van der Waals surface area contributed by atoms with Crippen molar-refractivity contribution in [2.24, 2.45) is 5.41 Å². The molecule has 3 atom stereocenters. The van der Waals surface area contributed by atoms with Gasteiger partial charge in [0.05, 0.1) is 6.10 Å². The van der Waals surface area contributed by atoms with E-state index in [0.717, 1.165) is 38.9 Å². The molecule has 0 unspecified atom stereocenters. The largest absolute Gasteiger partial charge is 0.444 e. The van der Waals surface area contributed by atoms with Crippen LogP contribution in [0.4, 0.5) is 4.79 Å². The number of methoxy groups -OCH3 is 1. The minimum Gasteiger partial charge on any atom is -0.444 e. The molecule has 1 saturated heterocycles. The van der Waals surface area contributed by atoms with Crippen LogP contribution in [0.5, 0.6) is 0 Å². The third-order valence-corrected chi connectivity index (χ3v) is 4.74. The van der Waals surface area contributed by atoms with Crippen LogP contribution in [0.15, 0.2) is 0 Å². The third-order valence-electron chi connectivity index (χ3n) is 4.74. The Morgan fingerprint density at radius 2 is 2.09 bits per heavy atom. The van der Waals surface area contributed by atoms with Crippen LogP contribution in [0.2, 0.25) is 0 Å². The van der Waals surface area contributed by atoms with E-state index in [0.29, 0.717) is 12.1 Å². The number of carbonyl (C=O) groups is 1. The van der Waals surface area contributed by atoms with Crippen molar-refractivity contribution in [1.82, 2.24) is 10.2 Å². The van der Waals surface area contributed by atoms with Gasteiger partial charge in [0.2, 0.25) is 0 Å². The Hall–Kier alpha value is -0.810. The summed E-state index contributed by atoms with van der Waals surface area (Å²) in [6.45, 7) is 10.5. The first-order valence-electron chi connectivity index (χ1n) is 8.45. The number of rotatable bonds is 4. The summed E-state index contributed by atoms with van der Waals surface area (Å²) in [5.74, 6) is 0. The second kappa shape index (κ2) is 6.75. The van der Waals surface area contributed by atoms with Crippen molar-refractivity contribution >= 4 is 6.09 Å². The molecule has 22 heavy (non-hydrogen) atoms. The van der Waals surface area contributed by atoms with E-state index in [2.05, 4.69) is 12.2 Å². The standard InChI is InChI=1S/C17H32N2O3/c1-16(2,3)22-15(20)19-9-8-17(4,12-19)11-18-13-6-7-14(10-13)21-5/h13-14,18H,6-12H2,1-5H3/t13-,14+,17+/m0/s1. The molecule has 2 fully saturated rings. The lowest BCUT2D eigenvalue weighted by molar-refractivity contribution is 0.0275. The SMILES string of the molecule is CO[C@@H]1CC[C@H](NC[C@@]2(C)CCN(C(=O)OC(C)(C)C)C2)C1. The third kappa shape index (κ3) is 4.85. The molecule has 2 rings (SSSR count). The van der Waals surface area contributed by atoms with Crippen LogP contribution in [0.1, 0.15) is 53.4 Å². The number of likely N-dealkylation sites (tertiary alicyclic amines) is 1. The first-order valence-corrected chi connectivity index (χ1v) is 8.45. The highest BCUT2D eigenvalue weighted by atomic mass is 16.6. The number of amides is 1. The number of hydrogen-bond acceptors (Lipinski definition) is 4. The van der Waals surface area contributed by atoms with E-state index >= 15 is 0 Å². The van der Waals surface area contributed by atoms with Crippen LogP contribution in [0.25, 0.3) is 0 Å². The van der Waals surface area contributed by atoms with Crippen molar-refractivity contribution in [2.45, 2.75) is 71.1 Å². The maximum absolute atomic E-state index is 12.2. The van der Waals surface area contributed by atoms with Crippen molar-refractivity contribution in [3.63, 3.8) is 0 Å². The molecule has 5 heteroatoms. The Morgan fingerprint density at radius 3 is 2.68 bits per heavy atom. The van der Waals surface area contributed by atoms with Crippen LogP contribution in [0.3, 0.4) is 0 Å². The highest BCUT2D eigenvalue weighted by Crippen LogP contribution is 2.31. The number of hydrogen-bond donors (Lipinski definition) is 1. The zero-order valence-electron chi connectivity index (χ0n) is 14.8. The fraction of sp³-hybridized carbons (Fsp3) is 0.941. The Labute approximate surface area is 134 Å².